The van der Waals surface area contributed by atoms with Gasteiger partial charge in [0, 0.05) is 0 Å². The van der Waals surface area contributed by atoms with Crippen LogP contribution in [0.4, 0.5) is 4.79 Å². The van der Waals surface area contributed by atoms with Crippen molar-refractivity contribution in [1.82, 2.24) is 4.90 Å². The standard InChI is InChI=1S/C17H27NO3/c1-11(2)12(3)13-7-14-9-20-10-15(8-13)18(14)16(19)21-17(4,5)6/h7,14-15H,8-10H2,1-6H3. The number of hydrogen-bond donors (Lipinski definition) is 0. The molecule has 1 saturated heterocycles. The van der Waals surface area contributed by atoms with Gasteiger partial charge in [-0.3, -0.25) is 4.90 Å². The van der Waals surface area contributed by atoms with Crippen LogP contribution in [-0.4, -0.2) is 41.9 Å². The topological polar surface area (TPSA) is 38.8 Å². The summed E-state index contributed by atoms with van der Waals surface area (Å²) in [5, 5.41) is 0. The number of fused-ring (bicyclic) bond motifs is 2. The van der Waals surface area contributed by atoms with Crippen molar-refractivity contribution in [2.45, 2.75) is 65.6 Å². The van der Waals surface area contributed by atoms with E-state index in [1.165, 1.54) is 16.7 Å². The van der Waals surface area contributed by atoms with E-state index in [0.717, 1.165) is 6.42 Å². The van der Waals surface area contributed by atoms with E-state index in [1.54, 1.807) is 0 Å². The van der Waals surface area contributed by atoms with E-state index >= 15 is 0 Å². The minimum Gasteiger partial charge on any atom is -0.444 e. The van der Waals surface area contributed by atoms with Gasteiger partial charge in [0.2, 0.25) is 0 Å². The highest BCUT2D eigenvalue weighted by Crippen LogP contribution is 2.32. The normalized spacial score (nSPS) is 25.2. The fourth-order valence-corrected chi connectivity index (χ4v) is 2.79. The maximum Gasteiger partial charge on any atom is 0.411 e. The second-order valence-corrected chi connectivity index (χ2v) is 7.17. The van der Waals surface area contributed by atoms with Crippen LogP contribution in [-0.2, 0) is 9.47 Å². The van der Waals surface area contributed by atoms with Crippen molar-refractivity contribution in [3.05, 3.63) is 22.8 Å². The van der Waals surface area contributed by atoms with Crippen LogP contribution in [0.5, 0.6) is 0 Å². The van der Waals surface area contributed by atoms with Crippen molar-refractivity contribution in [1.29, 1.82) is 0 Å². The Morgan fingerprint density at radius 3 is 2.48 bits per heavy atom. The predicted molar refractivity (Wildman–Crippen MR) is 83.2 cm³/mol. The number of rotatable bonds is 1. The van der Waals surface area contributed by atoms with E-state index in [-0.39, 0.29) is 18.2 Å². The van der Waals surface area contributed by atoms with Gasteiger partial charge in [-0.2, -0.15) is 0 Å². The van der Waals surface area contributed by atoms with Gasteiger partial charge >= 0.3 is 6.09 Å². The van der Waals surface area contributed by atoms with Crippen LogP contribution >= 0.6 is 0 Å². The van der Waals surface area contributed by atoms with E-state index in [0.29, 0.717) is 13.2 Å². The van der Waals surface area contributed by atoms with E-state index in [2.05, 4.69) is 26.8 Å². The monoisotopic (exact) mass is 293 g/mol. The molecule has 0 aromatic heterocycles. The molecule has 0 aliphatic carbocycles. The molecule has 4 nitrogen and oxygen atoms in total. The molecule has 2 bridgehead atoms. The van der Waals surface area contributed by atoms with E-state index in [1.807, 2.05) is 25.7 Å². The van der Waals surface area contributed by atoms with Crippen LogP contribution in [0.15, 0.2) is 22.8 Å². The number of allylic oxidation sites excluding steroid dienone is 2. The fourth-order valence-electron chi connectivity index (χ4n) is 2.79. The molecule has 1 fully saturated rings. The molecule has 118 valence electrons. The second-order valence-electron chi connectivity index (χ2n) is 7.17. The minimum atomic E-state index is -0.466. The third-order valence-electron chi connectivity index (χ3n) is 4.03. The summed E-state index contributed by atoms with van der Waals surface area (Å²) >= 11 is 0. The number of hydrogen-bond acceptors (Lipinski definition) is 3. The van der Waals surface area contributed by atoms with Gasteiger partial charge in [0.15, 0.2) is 0 Å². The van der Waals surface area contributed by atoms with Crippen molar-refractivity contribution < 1.29 is 14.3 Å². The molecule has 2 atom stereocenters. The first-order valence-corrected chi connectivity index (χ1v) is 7.63. The molecule has 4 heteroatoms. The average Bonchev–Trinajstić information content (AvgIpc) is 2.33. The van der Waals surface area contributed by atoms with Crippen molar-refractivity contribution in [2.24, 2.45) is 0 Å². The minimum absolute atomic E-state index is 0.0170. The van der Waals surface area contributed by atoms with Gasteiger partial charge in [0.1, 0.15) is 5.60 Å². The SMILES string of the molecule is CC(C)=C(C)C1=CC2COCC(C1)N2C(=O)OC(C)(C)C. The van der Waals surface area contributed by atoms with Crippen LogP contribution in [0.2, 0.25) is 0 Å². The zero-order valence-electron chi connectivity index (χ0n) is 14.0. The Hall–Kier alpha value is -1.29. The summed E-state index contributed by atoms with van der Waals surface area (Å²) in [6.07, 6.45) is 2.78. The predicted octanol–water partition coefficient (Wildman–Crippen LogP) is 3.68. The summed E-state index contributed by atoms with van der Waals surface area (Å²) in [5.74, 6) is 0. The summed E-state index contributed by atoms with van der Waals surface area (Å²) in [4.78, 5) is 14.3. The van der Waals surface area contributed by atoms with Crippen molar-refractivity contribution in [3.8, 4) is 0 Å². The van der Waals surface area contributed by atoms with Gasteiger partial charge in [-0.15, -0.1) is 0 Å². The van der Waals surface area contributed by atoms with Gasteiger partial charge in [-0.1, -0.05) is 11.6 Å². The van der Waals surface area contributed by atoms with Crippen LogP contribution in [0.25, 0.3) is 0 Å². The van der Waals surface area contributed by atoms with E-state index < -0.39 is 5.60 Å². The fraction of sp³-hybridized carbons (Fsp3) is 0.706. The highest BCUT2D eigenvalue weighted by atomic mass is 16.6. The summed E-state index contributed by atoms with van der Waals surface area (Å²) in [5.41, 5.74) is 3.53. The molecule has 2 rings (SSSR count). The molecule has 21 heavy (non-hydrogen) atoms. The Kier molecular flexibility index (Phi) is 4.47. The molecule has 2 unspecified atom stereocenters. The van der Waals surface area contributed by atoms with Crippen LogP contribution in [0.1, 0.15) is 48.0 Å². The molecule has 2 aliphatic rings. The Labute approximate surface area is 127 Å². The summed E-state index contributed by atoms with van der Waals surface area (Å²) in [7, 11) is 0. The van der Waals surface area contributed by atoms with Crippen LogP contribution in [0.3, 0.4) is 0 Å². The molecule has 0 saturated carbocycles. The average molecular weight is 293 g/mol. The van der Waals surface area contributed by atoms with Crippen molar-refractivity contribution in [2.75, 3.05) is 13.2 Å². The Morgan fingerprint density at radius 1 is 1.29 bits per heavy atom. The Bertz CT molecular complexity index is 481. The highest BCUT2D eigenvalue weighted by Gasteiger charge is 2.40. The third-order valence-corrected chi connectivity index (χ3v) is 4.03. The summed E-state index contributed by atoms with van der Waals surface area (Å²) in [6, 6.07) is 0.0598. The van der Waals surface area contributed by atoms with Crippen LogP contribution < -0.4 is 0 Å². The number of ether oxygens (including phenoxy) is 2. The highest BCUT2D eigenvalue weighted by molar-refractivity contribution is 5.70. The Morgan fingerprint density at radius 2 is 1.95 bits per heavy atom. The molecule has 2 aliphatic heterocycles. The molecule has 0 radical (unpaired) electrons. The lowest BCUT2D eigenvalue weighted by Crippen LogP contribution is -2.57. The van der Waals surface area contributed by atoms with Crippen LogP contribution in [0, 0.1) is 0 Å². The molecular weight excluding hydrogens is 266 g/mol. The number of amides is 1. The lowest BCUT2D eigenvalue weighted by atomic mass is 9.89. The number of carbonyl (C=O) groups excluding carboxylic acids is 1. The quantitative estimate of drug-likeness (QED) is 0.740. The third kappa shape index (κ3) is 3.67. The Balaban J connectivity index is 2.24. The van der Waals surface area contributed by atoms with E-state index in [9.17, 15) is 4.79 Å². The van der Waals surface area contributed by atoms with E-state index in [4.69, 9.17) is 9.47 Å². The summed E-state index contributed by atoms with van der Waals surface area (Å²) in [6.45, 7) is 13.2. The molecule has 0 N–H and O–H groups in total. The molecular formula is C17H27NO3. The summed E-state index contributed by atoms with van der Waals surface area (Å²) < 4.78 is 11.2. The van der Waals surface area contributed by atoms with Gasteiger partial charge in [-0.05, 0) is 59.1 Å². The molecule has 1 amide bonds. The smallest absolute Gasteiger partial charge is 0.411 e. The largest absolute Gasteiger partial charge is 0.444 e. The lowest BCUT2D eigenvalue weighted by Gasteiger charge is -2.44. The molecule has 0 aromatic carbocycles. The molecule has 0 spiro atoms. The van der Waals surface area contributed by atoms with Crippen molar-refractivity contribution in [3.63, 3.8) is 0 Å². The number of morpholine rings is 1. The first-order chi connectivity index (χ1) is 9.69. The van der Waals surface area contributed by atoms with Gasteiger partial charge in [0.05, 0.1) is 25.3 Å². The molecule has 2 heterocycles. The zero-order chi connectivity index (χ0) is 15.8. The number of carbonyl (C=O) groups is 1. The first-order valence-electron chi connectivity index (χ1n) is 7.63. The van der Waals surface area contributed by atoms with Gasteiger partial charge in [-0.25, -0.2) is 4.79 Å². The maximum absolute atomic E-state index is 12.4. The molecule has 0 aromatic rings. The number of nitrogens with zero attached hydrogens (tertiary/aromatic N) is 1. The second kappa shape index (κ2) is 5.84. The van der Waals surface area contributed by atoms with Crippen molar-refractivity contribution >= 4 is 6.09 Å². The zero-order valence-corrected chi connectivity index (χ0v) is 14.0. The van der Waals surface area contributed by atoms with Gasteiger partial charge in [0.25, 0.3) is 0 Å². The maximum atomic E-state index is 12.4. The lowest BCUT2D eigenvalue weighted by molar-refractivity contribution is -0.0532. The van der Waals surface area contributed by atoms with Gasteiger partial charge < -0.3 is 9.47 Å². The first kappa shape index (κ1) is 16.1.